The lowest BCUT2D eigenvalue weighted by molar-refractivity contribution is -0.144. The number of unbranched alkanes of at least 4 members (excludes halogenated alkanes) is 2. The minimum Gasteiger partial charge on any atom is -0.493 e. The molecule has 6 rings (SSSR count). The van der Waals surface area contributed by atoms with Crippen LogP contribution in [0.25, 0.3) is 11.6 Å². The van der Waals surface area contributed by atoms with Crippen molar-refractivity contribution in [1.29, 1.82) is 5.26 Å². The first-order valence-electron chi connectivity index (χ1n) is 23.8. The lowest BCUT2D eigenvalue weighted by Crippen LogP contribution is -2.58. The maximum atomic E-state index is 14.0. The molecule has 3 aromatic rings. The molecule has 3 N–H and O–H groups in total. The van der Waals surface area contributed by atoms with Gasteiger partial charge >= 0.3 is 6.18 Å². The predicted octanol–water partition coefficient (Wildman–Crippen LogP) is 8.43. The number of benzene rings is 2. The van der Waals surface area contributed by atoms with Crippen molar-refractivity contribution in [2.75, 3.05) is 53.2 Å². The second-order valence-corrected chi connectivity index (χ2v) is 21.1. The number of methoxy groups -OCH3 is 1. The van der Waals surface area contributed by atoms with Gasteiger partial charge in [-0.05, 0) is 97.3 Å². The van der Waals surface area contributed by atoms with E-state index in [4.69, 9.17) is 24.2 Å². The maximum Gasteiger partial charge on any atom is 0.420 e. The molecule has 3 heterocycles. The Morgan fingerprint density at radius 2 is 1.77 bits per heavy atom. The van der Waals surface area contributed by atoms with E-state index in [-0.39, 0.29) is 79.0 Å². The van der Waals surface area contributed by atoms with Crippen LogP contribution < -0.4 is 20.1 Å². The van der Waals surface area contributed by atoms with E-state index < -0.39 is 64.1 Å². The summed E-state index contributed by atoms with van der Waals surface area (Å²) in [6, 6.07) is 7.13. The number of nitrogens with zero attached hydrogens (tertiary/aromatic N) is 4. The summed E-state index contributed by atoms with van der Waals surface area (Å²) in [6.45, 7) is 10.9. The highest BCUT2D eigenvalue weighted by Crippen LogP contribution is 2.42. The monoisotopic (exact) mass is 1050 g/mol. The molecule has 5 amide bonds. The fourth-order valence-corrected chi connectivity index (χ4v) is 9.97. The number of β-amino-alcohol motifs (C(OH)–C–C–N with tert-alkyl or cyclic N) is 1. The molecule has 2 unspecified atom stereocenters. The molecule has 3 aliphatic rings. The normalized spacial score (nSPS) is 20.0. The molecule has 0 bridgehead atoms. The van der Waals surface area contributed by atoms with Crippen LogP contribution in [0.4, 0.5) is 18.0 Å². The van der Waals surface area contributed by atoms with Crippen LogP contribution in [0.3, 0.4) is 0 Å². The quantitative estimate of drug-likeness (QED) is 0.0638. The lowest BCUT2D eigenvalue weighted by Gasteiger charge is -2.35. The van der Waals surface area contributed by atoms with Gasteiger partial charge in [0.1, 0.15) is 17.8 Å². The van der Waals surface area contributed by atoms with Crippen molar-refractivity contribution in [2.24, 2.45) is 10.8 Å². The van der Waals surface area contributed by atoms with Crippen molar-refractivity contribution >= 4 is 63.6 Å². The summed E-state index contributed by atoms with van der Waals surface area (Å²) >= 11 is 2.36. The van der Waals surface area contributed by atoms with Gasteiger partial charge in [-0.15, -0.1) is 11.3 Å². The number of aryl methyl sites for hydroxylation is 1. The Morgan fingerprint density at radius 3 is 2.42 bits per heavy atom. The van der Waals surface area contributed by atoms with Crippen molar-refractivity contribution in [3.63, 3.8) is 0 Å². The topological polar surface area (TPSA) is 210 Å². The highest BCUT2D eigenvalue weighted by Gasteiger charge is 2.45. The zero-order valence-corrected chi connectivity index (χ0v) is 43.3. The first-order chi connectivity index (χ1) is 34.6. The Hall–Kier alpha value is -6.05. The molecular weight excluding hydrogens is 990 g/mol. The Morgan fingerprint density at radius 1 is 1.03 bits per heavy atom. The van der Waals surface area contributed by atoms with Crippen LogP contribution >= 0.6 is 23.1 Å². The minimum atomic E-state index is -4.78. The highest BCUT2D eigenvalue weighted by atomic mass is 32.2. The molecule has 2 fully saturated rings. The second-order valence-electron chi connectivity index (χ2n) is 19.3. The largest absolute Gasteiger partial charge is 0.493 e. The molecule has 392 valence electrons. The molecule has 2 saturated heterocycles. The molecule has 4 atom stereocenters. The number of imide groups is 1. The van der Waals surface area contributed by atoms with Crippen LogP contribution in [-0.4, -0.2) is 120 Å². The van der Waals surface area contributed by atoms with E-state index in [0.717, 1.165) is 38.9 Å². The summed E-state index contributed by atoms with van der Waals surface area (Å²) in [7, 11) is 1.31. The molecule has 2 aromatic carbocycles. The van der Waals surface area contributed by atoms with Crippen LogP contribution in [-0.2, 0) is 34.8 Å². The molecule has 1 aromatic heterocycles. The zero-order chi connectivity index (χ0) is 53.1. The number of ether oxygens (including phenoxy) is 4. The summed E-state index contributed by atoms with van der Waals surface area (Å²) in [5.74, 6) is -2.17. The van der Waals surface area contributed by atoms with Gasteiger partial charge in [0.2, 0.25) is 17.7 Å². The van der Waals surface area contributed by atoms with Crippen LogP contribution in [0.15, 0.2) is 65.0 Å². The number of thiazole rings is 1. The molecule has 0 radical (unpaired) electrons. The molecule has 0 saturated carbocycles. The number of likely N-dealkylation sites (tertiary alicyclic amines) is 1. The third-order valence-electron chi connectivity index (χ3n) is 12.4. The number of halogens is 3. The van der Waals surface area contributed by atoms with Crippen molar-refractivity contribution in [3.8, 4) is 23.3 Å². The number of nitriles is 1. The van der Waals surface area contributed by atoms with Crippen LogP contribution in [0.5, 0.6) is 17.2 Å². The highest BCUT2D eigenvalue weighted by molar-refractivity contribution is 8.18. The van der Waals surface area contributed by atoms with Gasteiger partial charge in [0.25, 0.3) is 11.1 Å². The molecular formula is C52H61F3N6O10S2. The standard InChI is InChI=1S/C52H61F3N6O10S2/c1-32-44(72-31-58-32)35-14-17-51(5,18-15-35)30-57-46(64)38-27-36(62)29-61(38)48(66)45(50(2,3)4)59-43(63)16-21-70-23-22-69-20-9-7-8-19-60-47(65)42(73-49(60)67)26-33-10-13-40(41(25-33)68-6)71-39-12-11-34(28-56)24-37(39)52(53,54)55/h10-15,17,24-26,31,36,38,45,62H,7-9,16,18-23,27,29-30H2,1-6H3,(H,57,64)(H,59,63)/b42-26-/t36?,38-,45+,51?/m0/s1. The van der Waals surface area contributed by atoms with Gasteiger partial charge in [-0.25, -0.2) is 4.98 Å². The van der Waals surface area contributed by atoms with Gasteiger partial charge in [-0.3, -0.25) is 28.9 Å². The smallest absolute Gasteiger partial charge is 0.420 e. The molecule has 1 aliphatic carbocycles. The number of allylic oxidation sites excluding steroid dienone is 3. The van der Waals surface area contributed by atoms with Crippen LogP contribution in [0.2, 0.25) is 0 Å². The van der Waals surface area contributed by atoms with Crippen molar-refractivity contribution < 1.29 is 61.2 Å². The van der Waals surface area contributed by atoms with Crippen LogP contribution in [0.1, 0.15) is 93.5 Å². The number of thioether (sulfide) groups is 1. The molecule has 0 spiro atoms. The second kappa shape index (κ2) is 24.8. The number of amides is 5. The Labute approximate surface area is 431 Å². The van der Waals surface area contributed by atoms with E-state index >= 15 is 0 Å². The summed E-state index contributed by atoms with van der Waals surface area (Å²) in [4.78, 5) is 74.8. The Balaban J connectivity index is 0.865. The molecule has 2 aliphatic heterocycles. The van der Waals surface area contributed by atoms with Gasteiger partial charge in [0, 0.05) is 44.5 Å². The number of carbonyl (C=O) groups is 5. The summed E-state index contributed by atoms with van der Waals surface area (Å²) in [6.07, 6.45) is 4.70. The molecule has 73 heavy (non-hydrogen) atoms. The van der Waals surface area contributed by atoms with Gasteiger partial charge < -0.3 is 39.6 Å². The van der Waals surface area contributed by atoms with E-state index in [1.807, 2.05) is 39.3 Å². The van der Waals surface area contributed by atoms with Gasteiger partial charge in [-0.1, -0.05) is 52.0 Å². The van der Waals surface area contributed by atoms with Crippen molar-refractivity contribution in [2.45, 2.75) is 97.5 Å². The Bertz CT molecular complexity index is 2660. The minimum absolute atomic E-state index is 0.0220. The average Bonchev–Trinajstić information content (AvgIpc) is 4.04. The zero-order valence-electron chi connectivity index (χ0n) is 41.6. The third-order valence-corrected chi connectivity index (χ3v) is 14.3. The maximum absolute atomic E-state index is 14.0. The number of aliphatic hydroxyl groups is 1. The number of alkyl halides is 3. The first-order valence-corrected chi connectivity index (χ1v) is 25.5. The SMILES string of the molecule is COc1cc(/C=C2\SC(=O)N(CCCCCOCCOCCC(=O)N[C@H](C(=O)N3CC(O)C[C@H]3C(=O)NCC3(C)C=CC(c4scnc4C)=CC3)C(C)(C)C)C2=O)ccc1Oc1ccc(C#N)cc1C(F)(F)F. The first kappa shape index (κ1) is 56.2. The third kappa shape index (κ3) is 15.0. The summed E-state index contributed by atoms with van der Waals surface area (Å²) in [5, 5.41) is 25.1. The van der Waals surface area contributed by atoms with Crippen LogP contribution in [0, 0.1) is 29.1 Å². The number of hydrogen-bond acceptors (Lipinski definition) is 14. The lowest BCUT2D eigenvalue weighted by atomic mass is 9.81. The van der Waals surface area contributed by atoms with Gasteiger partial charge in [0.05, 0.1) is 71.2 Å². The number of aliphatic hydroxyl groups excluding tert-OH is 1. The summed E-state index contributed by atoms with van der Waals surface area (Å²) in [5.41, 5.74) is 1.97. The fraction of sp³-hybridized carbons (Fsp3) is 0.481. The van der Waals surface area contributed by atoms with E-state index in [0.29, 0.717) is 50.5 Å². The summed E-state index contributed by atoms with van der Waals surface area (Å²) < 4.78 is 63.3. The molecule has 21 heteroatoms. The van der Waals surface area contributed by atoms with Gasteiger partial charge in [0.15, 0.2) is 11.5 Å². The van der Waals surface area contributed by atoms with Crippen molar-refractivity contribution in [3.05, 3.63) is 92.3 Å². The number of nitrogens with one attached hydrogen (secondary N) is 2. The average molecular weight is 1050 g/mol. The van der Waals surface area contributed by atoms with E-state index in [1.165, 1.54) is 42.4 Å². The fourth-order valence-electron chi connectivity index (χ4n) is 8.28. The molecule has 16 nitrogen and oxygen atoms in total. The Kier molecular flexibility index (Phi) is 19.1. The predicted molar refractivity (Wildman–Crippen MR) is 269 cm³/mol. The number of hydrogen-bond donors (Lipinski definition) is 3. The van der Waals surface area contributed by atoms with E-state index in [9.17, 15) is 42.3 Å². The number of rotatable bonds is 22. The van der Waals surface area contributed by atoms with Crippen molar-refractivity contribution in [1.82, 2.24) is 25.4 Å². The van der Waals surface area contributed by atoms with E-state index in [1.54, 1.807) is 17.4 Å². The number of aromatic nitrogens is 1. The van der Waals surface area contributed by atoms with Gasteiger partial charge in [-0.2, -0.15) is 18.4 Å². The van der Waals surface area contributed by atoms with E-state index in [2.05, 4.69) is 34.7 Å². The number of carbonyl (C=O) groups excluding carboxylic acids is 5.